The van der Waals surface area contributed by atoms with Gasteiger partial charge in [-0.3, -0.25) is 4.79 Å². The molecular weight excluding hydrogens is 318 g/mol. The highest BCUT2D eigenvalue weighted by Crippen LogP contribution is 2.31. The molecule has 120 valence electrons. The predicted octanol–water partition coefficient (Wildman–Crippen LogP) is 2.66. The van der Waals surface area contributed by atoms with Gasteiger partial charge >= 0.3 is 0 Å². The first-order chi connectivity index (χ1) is 11.1. The molecule has 1 atom stereocenters. The second kappa shape index (κ2) is 6.44. The summed E-state index contributed by atoms with van der Waals surface area (Å²) in [6.45, 7) is 4.97. The minimum atomic E-state index is -0.226. The summed E-state index contributed by atoms with van der Waals surface area (Å²) >= 11 is 6.23. The van der Waals surface area contributed by atoms with E-state index >= 15 is 0 Å². The standard InChI is InChI=1S/C16H16ClN3O3/c1-2-15(21)20-3-4-22-9-14(20)11-5-10(6-12(17)7-11)13-8-23-16(18)19-13/h2,5-8,14H,1,3-4,9H2,(H2,18,19). The minimum Gasteiger partial charge on any atom is -0.432 e. The number of rotatable bonds is 3. The molecule has 1 unspecified atom stereocenters. The Labute approximate surface area is 138 Å². The van der Waals surface area contributed by atoms with Crippen molar-refractivity contribution in [1.82, 2.24) is 9.88 Å². The van der Waals surface area contributed by atoms with Gasteiger partial charge in [0.15, 0.2) is 0 Å². The van der Waals surface area contributed by atoms with Crippen LogP contribution in [0.15, 0.2) is 41.5 Å². The average Bonchev–Trinajstić information content (AvgIpc) is 3.00. The quantitative estimate of drug-likeness (QED) is 0.873. The fourth-order valence-corrected chi connectivity index (χ4v) is 2.88. The van der Waals surface area contributed by atoms with E-state index < -0.39 is 0 Å². The number of carbonyl (C=O) groups is 1. The van der Waals surface area contributed by atoms with Crippen molar-refractivity contribution in [2.45, 2.75) is 6.04 Å². The number of ether oxygens (including phenoxy) is 1. The minimum absolute atomic E-state index is 0.0889. The van der Waals surface area contributed by atoms with Crippen LogP contribution in [-0.2, 0) is 9.53 Å². The van der Waals surface area contributed by atoms with E-state index in [-0.39, 0.29) is 18.0 Å². The molecule has 6 nitrogen and oxygen atoms in total. The summed E-state index contributed by atoms with van der Waals surface area (Å²) in [7, 11) is 0. The molecule has 0 bridgehead atoms. The van der Waals surface area contributed by atoms with Gasteiger partial charge in [0, 0.05) is 17.1 Å². The number of carbonyl (C=O) groups excluding carboxylic acids is 1. The predicted molar refractivity (Wildman–Crippen MR) is 86.8 cm³/mol. The zero-order chi connectivity index (χ0) is 16.4. The summed E-state index contributed by atoms with van der Waals surface area (Å²) in [5.74, 6) is -0.134. The van der Waals surface area contributed by atoms with Crippen molar-refractivity contribution in [3.63, 3.8) is 0 Å². The van der Waals surface area contributed by atoms with E-state index in [1.54, 1.807) is 11.0 Å². The van der Waals surface area contributed by atoms with Crippen LogP contribution in [0.4, 0.5) is 6.01 Å². The van der Waals surface area contributed by atoms with Crippen molar-refractivity contribution in [2.75, 3.05) is 25.5 Å². The molecule has 1 aromatic heterocycles. The fourth-order valence-electron chi connectivity index (χ4n) is 2.63. The summed E-state index contributed by atoms with van der Waals surface area (Å²) < 4.78 is 10.6. The molecule has 23 heavy (non-hydrogen) atoms. The number of hydrogen-bond donors (Lipinski definition) is 1. The van der Waals surface area contributed by atoms with Gasteiger partial charge in [-0.25, -0.2) is 0 Å². The lowest BCUT2D eigenvalue weighted by Crippen LogP contribution is -2.42. The number of aromatic nitrogens is 1. The Kier molecular flexibility index (Phi) is 4.36. The Balaban J connectivity index is 1.99. The highest BCUT2D eigenvalue weighted by atomic mass is 35.5. The summed E-state index contributed by atoms with van der Waals surface area (Å²) in [4.78, 5) is 17.9. The summed E-state index contributed by atoms with van der Waals surface area (Å²) in [6.07, 6.45) is 2.77. The van der Waals surface area contributed by atoms with Gasteiger partial charge in [-0.15, -0.1) is 0 Å². The summed E-state index contributed by atoms with van der Waals surface area (Å²) in [6, 6.07) is 5.36. The molecular formula is C16H16ClN3O3. The van der Waals surface area contributed by atoms with E-state index in [9.17, 15) is 4.79 Å². The van der Waals surface area contributed by atoms with E-state index in [2.05, 4.69) is 11.6 Å². The van der Waals surface area contributed by atoms with Gasteiger partial charge in [0.25, 0.3) is 6.01 Å². The van der Waals surface area contributed by atoms with Gasteiger partial charge < -0.3 is 19.8 Å². The number of halogens is 1. The number of hydrogen-bond acceptors (Lipinski definition) is 5. The van der Waals surface area contributed by atoms with Gasteiger partial charge in [0.05, 0.1) is 19.3 Å². The second-order valence-electron chi connectivity index (χ2n) is 5.17. The van der Waals surface area contributed by atoms with Crippen molar-refractivity contribution in [1.29, 1.82) is 0 Å². The largest absolute Gasteiger partial charge is 0.432 e. The molecule has 0 spiro atoms. The van der Waals surface area contributed by atoms with Crippen LogP contribution in [0.5, 0.6) is 0 Å². The Bertz CT molecular complexity index is 744. The number of nitrogens with zero attached hydrogens (tertiary/aromatic N) is 2. The molecule has 1 aliphatic rings. The fraction of sp³-hybridized carbons (Fsp3) is 0.250. The van der Waals surface area contributed by atoms with Crippen LogP contribution < -0.4 is 5.73 Å². The van der Waals surface area contributed by atoms with Crippen LogP contribution in [0.3, 0.4) is 0 Å². The third-order valence-electron chi connectivity index (χ3n) is 3.71. The highest BCUT2D eigenvalue weighted by Gasteiger charge is 2.28. The molecule has 1 fully saturated rings. The van der Waals surface area contributed by atoms with Crippen LogP contribution in [0.25, 0.3) is 11.3 Å². The Morgan fingerprint density at radius 1 is 1.48 bits per heavy atom. The van der Waals surface area contributed by atoms with E-state index in [4.69, 9.17) is 26.5 Å². The van der Waals surface area contributed by atoms with Crippen LogP contribution in [-0.4, -0.2) is 35.5 Å². The average molecular weight is 334 g/mol. The number of nitrogens with two attached hydrogens (primary N) is 1. The molecule has 0 radical (unpaired) electrons. The smallest absolute Gasteiger partial charge is 0.292 e. The zero-order valence-corrected chi connectivity index (χ0v) is 13.1. The third kappa shape index (κ3) is 3.23. The maximum Gasteiger partial charge on any atom is 0.292 e. The van der Waals surface area contributed by atoms with Crippen LogP contribution in [0, 0.1) is 0 Å². The van der Waals surface area contributed by atoms with E-state index in [1.807, 2.05) is 12.1 Å². The first-order valence-electron chi connectivity index (χ1n) is 7.11. The first kappa shape index (κ1) is 15.6. The van der Waals surface area contributed by atoms with Gasteiger partial charge in [-0.05, 0) is 29.8 Å². The van der Waals surface area contributed by atoms with E-state index in [1.165, 1.54) is 12.3 Å². The van der Waals surface area contributed by atoms with Crippen LogP contribution in [0.2, 0.25) is 5.02 Å². The van der Waals surface area contributed by atoms with Crippen molar-refractivity contribution in [3.05, 3.63) is 47.7 Å². The van der Waals surface area contributed by atoms with Gasteiger partial charge in [0.2, 0.25) is 5.91 Å². The molecule has 2 N–H and O–H groups in total. The molecule has 3 rings (SSSR count). The topological polar surface area (TPSA) is 81.6 Å². The van der Waals surface area contributed by atoms with Gasteiger partial charge in [0.1, 0.15) is 12.0 Å². The van der Waals surface area contributed by atoms with Crippen LogP contribution >= 0.6 is 11.6 Å². The van der Waals surface area contributed by atoms with Crippen molar-refractivity contribution < 1.29 is 13.9 Å². The number of anilines is 1. The third-order valence-corrected chi connectivity index (χ3v) is 3.93. The van der Waals surface area contributed by atoms with E-state index in [0.717, 1.165) is 11.1 Å². The molecule has 1 aliphatic heterocycles. The first-order valence-corrected chi connectivity index (χ1v) is 7.49. The van der Waals surface area contributed by atoms with Crippen LogP contribution in [0.1, 0.15) is 11.6 Å². The maximum absolute atomic E-state index is 12.1. The summed E-state index contributed by atoms with van der Waals surface area (Å²) in [5, 5.41) is 0.538. The lowest BCUT2D eigenvalue weighted by molar-refractivity contribution is -0.134. The number of oxazole rings is 1. The van der Waals surface area contributed by atoms with Crippen molar-refractivity contribution in [3.8, 4) is 11.3 Å². The lowest BCUT2D eigenvalue weighted by atomic mass is 10.0. The lowest BCUT2D eigenvalue weighted by Gasteiger charge is -2.35. The molecule has 1 amide bonds. The number of benzene rings is 1. The molecule has 0 saturated carbocycles. The molecule has 1 aromatic carbocycles. The normalized spacial score (nSPS) is 18.0. The Morgan fingerprint density at radius 2 is 2.30 bits per heavy atom. The molecule has 2 heterocycles. The molecule has 0 aliphatic carbocycles. The second-order valence-corrected chi connectivity index (χ2v) is 5.61. The SMILES string of the molecule is C=CC(=O)N1CCOCC1c1cc(Cl)cc(-c2coc(N)n2)c1. The number of morpholine rings is 1. The number of amides is 1. The van der Waals surface area contributed by atoms with Gasteiger partial charge in [-0.1, -0.05) is 18.2 Å². The summed E-state index contributed by atoms with van der Waals surface area (Å²) in [5.41, 5.74) is 7.74. The monoisotopic (exact) mass is 333 g/mol. The molecule has 2 aromatic rings. The van der Waals surface area contributed by atoms with Crippen molar-refractivity contribution in [2.24, 2.45) is 0 Å². The Hall–Kier alpha value is -2.31. The van der Waals surface area contributed by atoms with E-state index in [0.29, 0.717) is 30.5 Å². The highest BCUT2D eigenvalue weighted by molar-refractivity contribution is 6.31. The van der Waals surface area contributed by atoms with Gasteiger partial charge in [-0.2, -0.15) is 4.98 Å². The zero-order valence-electron chi connectivity index (χ0n) is 12.4. The Morgan fingerprint density at radius 3 is 3.00 bits per heavy atom. The maximum atomic E-state index is 12.1. The van der Waals surface area contributed by atoms with Crippen molar-refractivity contribution >= 4 is 23.5 Å². The molecule has 1 saturated heterocycles. The number of nitrogen functional groups attached to an aromatic ring is 1. The molecule has 7 heteroatoms.